The smallest absolute Gasteiger partial charge is 0.340 e. The number of esters is 1. The van der Waals surface area contributed by atoms with E-state index in [-0.39, 0.29) is 11.3 Å². The maximum absolute atomic E-state index is 11.2. The van der Waals surface area contributed by atoms with Crippen LogP contribution in [0.3, 0.4) is 0 Å². The largest absolute Gasteiger partial charge is 0.508 e. The Morgan fingerprint density at radius 1 is 1.36 bits per heavy atom. The summed E-state index contributed by atoms with van der Waals surface area (Å²) in [6, 6.07) is 5.34. The van der Waals surface area contributed by atoms with Crippen LogP contribution in [0.1, 0.15) is 10.4 Å². The molecular weight excluding hydrogens is 188 g/mol. The molecule has 5 heteroatoms. The van der Waals surface area contributed by atoms with E-state index in [0.717, 1.165) is 0 Å². The summed E-state index contributed by atoms with van der Waals surface area (Å²) in [5.41, 5.74) is 0.190. The fourth-order valence-corrected chi connectivity index (χ4v) is 0.826. The molecule has 0 aliphatic carbocycles. The highest BCUT2D eigenvalue weighted by molar-refractivity contribution is 5.89. The number of ether oxygens (including phenoxy) is 1. The molecule has 1 atom stereocenters. The van der Waals surface area contributed by atoms with E-state index in [4.69, 9.17) is 15.3 Å². The Morgan fingerprint density at radius 3 is 2.43 bits per heavy atom. The number of aromatic hydroxyl groups is 1. The van der Waals surface area contributed by atoms with Gasteiger partial charge in [0.1, 0.15) is 12.4 Å². The zero-order valence-electron chi connectivity index (χ0n) is 7.25. The monoisotopic (exact) mass is 198 g/mol. The van der Waals surface area contributed by atoms with Crippen LogP contribution in [-0.2, 0) is 4.74 Å². The van der Waals surface area contributed by atoms with Crippen molar-refractivity contribution in [3.05, 3.63) is 29.8 Å². The number of aliphatic hydroxyl groups excluding tert-OH is 2. The second kappa shape index (κ2) is 4.59. The summed E-state index contributed by atoms with van der Waals surface area (Å²) in [7, 11) is 0. The van der Waals surface area contributed by atoms with Crippen molar-refractivity contribution >= 4 is 5.97 Å². The molecule has 0 heterocycles. The van der Waals surface area contributed by atoms with E-state index in [1.165, 1.54) is 24.3 Å². The van der Waals surface area contributed by atoms with Crippen molar-refractivity contribution < 1.29 is 24.9 Å². The third-order valence-electron chi connectivity index (χ3n) is 1.50. The fraction of sp³-hybridized carbons (Fsp3) is 0.222. The van der Waals surface area contributed by atoms with Gasteiger partial charge in [-0.1, -0.05) is 0 Å². The minimum absolute atomic E-state index is 0.0317. The average molecular weight is 198 g/mol. The maximum Gasteiger partial charge on any atom is 0.340 e. The number of hydrogen-bond donors (Lipinski definition) is 3. The second-order valence-electron chi connectivity index (χ2n) is 2.59. The van der Waals surface area contributed by atoms with Crippen molar-refractivity contribution in [1.29, 1.82) is 0 Å². The first kappa shape index (κ1) is 10.5. The second-order valence-corrected chi connectivity index (χ2v) is 2.59. The van der Waals surface area contributed by atoms with Crippen LogP contribution in [0.25, 0.3) is 0 Å². The van der Waals surface area contributed by atoms with Gasteiger partial charge < -0.3 is 20.1 Å². The molecule has 1 aromatic carbocycles. The number of rotatable bonds is 3. The van der Waals surface area contributed by atoms with Crippen LogP contribution in [0.15, 0.2) is 24.3 Å². The number of benzene rings is 1. The van der Waals surface area contributed by atoms with Crippen LogP contribution in [0, 0.1) is 0 Å². The average Bonchev–Trinajstić information content (AvgIpc) is 2.18. The Bertz CT molecular complexity index is 305. The number of phenols is 1. The quantitative estimate of drug-likeness (QED) is 0.464. The molecule has 1 unspecified atom stereocenters. The van der Waals surface area contributed by atoms with Crippen LogP contribution < -0.4 is 0 Å². The highest BCUT2D eigenvalue weighted by Crippen LogP contribution is 2.10. The molecule has 0 radical (unpaired) electrons. The fourth-order valence-electron chi connectivity index (χ4n) is 0.826. The first-order valence-electron chi connectivity index (χ1n) is 3.92. The van der Waals surface area contributed by atoms with Gasteiger partial charge in [-0.2, -0.15) is 0 Å². The molecule has 0 aliphatic heterocycles. The molecular formula is C9H10O5. The van der Waals surface area contributed by atoms with Crippen LogP contribution in [-0.4, -0.2) is 34.2 Å². The molecule has 5 nitrogen and oxygen atoms in total. The third kappa shape index (κ3) is 2.72. The number of aliphatic hydroxyl groups is 2. The van der Waals surface area contributed by atoms with E-state index >= 15 is 0 Å². The lowest BCUT2D eigenvalue weighted by Crippen LogP contribution is -2.21. The van der Waals surface area contributed by atoms with Gasteiger partial charge in [0.05, 0.1) is 5.56 Å². The third-order valence-corrected chi connectivity index (χ3v) is 1.50. The van der Waals surface area contributed by atoms with Gasteiger partial charge in [-0.3, -0.25) is 0 Å². The highest BCUT2D eigenvalue weighted by atomic mass is 16.6. The van der Waals surface area contributed by atoms with E-state index in [0.29, 0.717) is 0 Å². The van der Waals surface area contributed by atoms with Crippen molar-refractivity contribution in [2.75, 3.05) is 6.61 Å². The van der Waals surface area contributed by atoms with Gasteiger partial charge in [0.25, 0.3) is 0 Å². The van der Waals surface area contributed by atoms with Crippen molar-refractivity contribution in [1.82, 2.24) is 0 Å². The summed E-state index contributed by atoms with van der Waals surface area (Å²) < 4.78 is 4.41. The van der Waals surface area contributed by atoms with E-state index in [1.54, 1.807) is 0 Å². The number of phenolic OH excluding ortho intramolecular Hbond substituents is 1. The first-order chi connectivity index (χ1) is 6.63. The molecule has 3 N–H and O–H groups in total. The Kier molecular flexibility index (Phi) is 3.44. The van der Waals surface area contributed by atoms with Crippen LogP contribution in [0.2, 0.25) is 0 Å². The van der Waals surface area contributed by atoms with Gasteiger partial charge in [-0.15, -0.1) is 0 Å². The van der Waals surface area contributed by atoms with Gasteiger partial charge >= 0.3 is 5.97 Å². The van der Waals surface area contributed by atoms with E-state index in [2.05, 4.69) is 4.74 Å². The molecule has 0 bridgehead atoms. The lowest BCUT2D eigenvalue weighted by Gasteiger charge is -2.08. The SMILES string of the molecule is O=C(OC(O)CO)c1ccc(O)cc1. The molecule has 0 aliphatic rings. The standard InChI is InChI=1S/C9H10O5/c10-5-8(12)14-9(13)6-1-3-7(11)4-2-6/h1-4,8,10-12H,5H2. The summed E-state index contributed by atoms with van der Waals surface area (Å²) in [6.45, 7) is -0.649. The molecule has 14 heavy (non-hydrogen) atoms. The topological polar surface area (TPSA) is 87.0 Å². The summed E-state index contributed by atoms with van der Waals surface area (Å²) in [4.78, 5) is 11.2. The molecule has 0 fully saturated rings. The first-order valence-corrected chi connectivity index (χ1v) is 3.92. The van der Waals surface area contributed by atoms with Crippen molar-refractivity contribution in [3.8, 4) is 5.75 Å². The van der Waals surface area contributed by atoms with Crippen molar-refractivity contribution in [3.63, 3.8) is 0 Å². The van der Waals surface area contributed by atoms with Gasteiger partial charge in [0, 0.05) is 0 Å². The predicted molar refractivity (Wildman–Crippen MR) is 46.6 cm³/mol. The minimum Gasteiger partial charge on any atom is -0.508 e. The van der Waals surface area contributed by atoms with Gasteiger partial charge in [0.15, 0.2) is 0 Å². The number of hydrogen-bond acceptors (Lipinski definition) is 5. The molecule has 76 valence electrons. The van der Waals surface area contributed by atoms with Crippen LogP contribution >= 0.6 is 0 Å². The van der Waals surface area contributed by atoms with Crippen molar-refractivity contribution in [2.24, 2.45) is 0 Å². The molecule has 1 rings (SSSR count). The lowest BCUT2D eigenvalue weighted by molar-refractivity contribution is -0.0903. The predicted octanol–water partition coefficient (Wildman–Crippen LogP) is -0.140. The van der Waals surface area contributed by atoms with Gasteiger partial charge in [0.2, 0.25) is 6.29 Å². The highest BCUT2D eigenvalue weighted by Gasteiger charge is 2.11. The van der Waals surface area contributed by atoms with Crippen LogP contribution in [0.4, 0.5) is 0 Å². The number of carbonyl (C=O) groups is 1. The zero-order valence-corrected chi connectivity index (χ0v) is 7.25. The normalized spacial score (nSPS) is 12.1. The van der Waals surface area contributed by atoms with E-state index in [9.17, 15) is 4.79 Å². The van der Waals surface area contributed by atoms with Gasteiger partial charge in [-0.25, -0.2) is 4.79 Å². The van der Waals surface area contributed by atoms with E-state index in [1.807, 2.05) is 0 Å². The van der Waals surface area contributed by atoms with E-state index < -0.39 is 18.9 Å². The minimum atomic E-state index is -1.52. The summed E-state index contributed by atoms with van der Waals surface area (Å²) in [5.74, 6) is -0.726. The molecule has 1 aromatic rings. The van der Waals surface area contributed by atoms with Crippen LogP contribution in [0.5, 0.6) is 5.75 Å². The summed E-state index contributed by atoms with van der Waals surface area (Å²) in [5, 5.41) is 26.1. The summed E-state index contributed by atoms with van der Waals surface area (Å²) >= 11 is 0. The molecule has 0 amide bonds. The molecule has 0 aromatic heterocycles. The van der Waals surface area contributed by atoms with Gasteiger partial charge in [-0.05, 0) is 24.3 Å². The Hall–Kier alpha value is -1.59. The molecule has 0 spiro atoms. The Labute approximate surface area is 80.2 Å². The Balaban J connectivity index is 2.65. The molecule has 0 saturated heterocycles. The van der Waals surface area contributed by atoms with Crippen molar-refractivity contribution in [2.45, 2.75) is 6.29 Å². The maximum atomic E-state index is 11.2. The summed E-state index contributed by atoms with van der Waals surface area (Å²) in [6.07, 6.45) is -1.52. The number of carbonyl (C=O) groups excluding carboxylic acids is 1. The lowest BCUT2D eigenvalue weighted by atomic mass is 10.2. The Morgan fingerprint density at radius 2 is 1.93 bits per heavy atom. The zero-order chi connectivity index (χ0) is 10.6. The molecule has 0 saturated carbocycles.